The molecular weight excluding hydrogens is 337 g/mol. The number of amides is 2. The van der Waals surface area contributed by atoms with E-state index in [0.717, 1.165) is 19.3 Å². The zero-order valence-electron chi connectivity index (χ0n) is 12.8. The van der Waals surface area contributed by atoms with Gasteiger partial charge in [-0.05, 0) is 49.3 Å². The molecule has 2 bridgehead atoms. The number of nitrogens with one attached hydrogen (secondary N) is 2. The van der Waals surface area contributed by atoms with E-state index in [9.17, 15) is 9.59 Å². The molecule has 0 aliphatic heterocycles. The maximum absolute atomic E-state index is 12.5. The minimum absolute atomic E-state index is 0. The van der Waals surface area contributed by atoms with E-state index in [1.807, 2.05) is 0 Å². The first-order valence-electron chi connectivity index (χ1n) is 7.59. The summed E-state index contributed by atoms with van der Waals surface area (Å²) in [7, 11) is 1.54. The smallest absolute Gasteiger partial charge is 0.252 e. The minimum atomic E-state index is -0.280. The molecule has 23 heavy (non-hydrogen) atoms. The fourth-order valence-corrected chi connectivity index (χ4v) is 4.07. The van der Waals surface area contributed by atoms with Crippen LogP contribution in [0.4, 0.5) is 5.69 Å². The number of hydrogen-bond donors (Lipinski definition) is 3. The first-order valence-corrected chi connectivity index (χ1v) is 7.97. The molecule has 2 saturated carbocycles. The summed E-state index contributed by atoms with van der Waals surface area (Å²) in [5.74, 6) is 0.415. The summed E-state index contributed by atoms with van der Waals surface area (Å²) < 4.78 is 0. The quantitative estimate of drug-likeness (QED) is 0.776. The molecule has 0 radical (unpaired) electrons. The Balaban J connectivity index is 0.00000192. The number of hydrogen-bond acceptors (Lipinski definition) is 3. The Hall–Kier alpha value is -1.30. The summed E-state index contributed by atoms with van der Waals surface area (Å²) in [6.07, 6.45) is 3.28. The van der Waals surface area contributed by atoms with Crippen LogP contribution in [0, 0.1) is 17.8 Å². The molecule has 0 aromatic heterocycles. The molecule has 4 unspecified atom stereocenters. The zero-order chi connectivity index (χ0) is 15.9. The molecular formula is C16H21Cl2N3O2. The van der Waals surface area contributed by atoms with Crippen LogP contribution < -0.4 is 16.4 Å². The van der Waals surface area contributed by atoms with Gasteiger partial charge in [-0.2, -0.15) is 0 Å². The van der Waals surface area contributed by atoms with Crippen LogP contribution >= 0.6 is 24.0 Å². The van der Waals surface area contributed by atoms with Crippen LogP contribution in [0.3, 0.4) is 0 Å². The van der Waals surface area contributed by atoms with Gasteiger partial charge < -0.3 is 16.4 Å². The van der Waals surface area contributed by atoms with Gasteiger partial charge >= 0.3 is 0 Å². The molecule has 2 aliphatic carbocycles. The van der Waals surface area contributed by atoms with E-state index in [0.29, 0.717) is 28.1 Å². The van der Waals surface area contributed by atoms with Gasteiger partial charge in [-0.1, -0.05) is 11.6 Å². The van der Waals surface area contributed by atoms with Crippen LogP contribution in [0.15, 0.2) is 18.2 Å². The van der Waals surface area contributed by atoms with Gasteiger partial charge in [0.1, 0.15) is 0 Å². The molecule has 0 heterocycles. The molecule has 0 spiro atoms. The highest BCUT2D eigenvalue weighted by Gasteiger charge is 2.49. The Bertz CT molecular complexity index is 621. The van der Waals surface area contributed by atoms with E-state index in [1.54, 1.807) is 18.2 Å². The predicted octanol–water partition coefficient (Wildman–Crippen LogP) is 2.43. The zero-order valence-corrected chi connectivity index (χ0v) is 14.4. The van der Waals surface area contributed by atoms with E-state index in [1.165, 1.54) is 7.05 Å². The Morgan fingerprint density at radius 1 is 1.26 bits per heavy atom. The van der Waals surface area contributed by atoms with Crippen molar-refractivity contribution in [1.82, 2.24) is 5.32 Å². The number of carbonyl (C=O) groups is 2. The van der Waals surface area contributed by atoms with Gasteiger partial charge in [0.25, 0.3) is 5.91 Å². The van der Waals surface area contributed by atoms with Crippen molar-refractivity contribution in [3.63, 3.8) is 0 Å². The number of halogens is 2. The second-order valence-electron chi connectivity index (χ2n) is 6.20. The van der Waals surface area contributed by atoms with Crippen molar-refractivity contribution < 1.29 is 9.59 Å². The maximum atomic E-state index is 12.5. The molecule has 1 aromatic rings. The van der Waals surface area contributed by atoms with Crippen LogP contribution in [-0.2, 0) is 4.79 Å². The van der Waals surface area contributed by atoms with E-state index in [4.69, 9.17) is 17.3 Å². The number of nitrogens with two attached hydrogens (primary N) is 1. The van der Waals surface area contributed by atoms with Crippen molar-refractivity contribution in [2.45, 2.75) is 25.3 Å². The van der Waals surface area contributed by atoms with Crippen molar-refractivity contribution in [3.8, 4) is 0 Å². The van der Waals surface area contributed by atoms with E-state index < -0.39 is 0 Å². The van der Waals surface area contributed by atoms with Gasteiger partial charge in [0.2, 0.25) is 5.91 Å². The molecule has 126 valence electrons. The van der Waals surface area contributed by atoms with Crippen molar-refractivity contribution in [1.29, 1.82) is 0 Å². The summed E-state index contributed by atoms with van der Waals surface area (Å²) >= 11 is 6.01. The molecule has 2 aliphatic rings. The standard InChI is InChI=1S/C16H20ClN3O2.ClH/c1-19-15(21)11-7-10(4-5-12(11)17)20-16(22)13-8-2-3-9(6-8)14(13)18;/h4-5,7-9,13-14H,2-3,6,18H2,1H3,(H,19,21)(H,20,22);1H. The van der Waals surface area contributed by atoms with Crippen LogP contribution in [0.2, 0.25) is 5.02 Å². The molecule has 4 N–H and O–H groups in total. The van der Waals surface area contributed by atoms with Crippen molar-refractivity contribution in [3.05, 3.63) is 28.8 Å². The van der Waals surface area contributed by atoms with Crippen LogP contribution in [0.5, 0.6) is 0 Å². The number of carbonyl (C=O) groups excluding carboxylic acids is 2. The Morgan fingerprint density at radius 3 is 2.57 bits per heavy atom. The molecule has 5 nitrogen and oxygen atoms in total. The highest BCUT2D eigenvalue weighted by molar-refractivity contribution is 6.34. The van der Waals surface area contributed by atoms with Gasteiger partial charge in [0, 0.05) is 18.8 Å². The second-order valence-corrected chi connectivity index (χ2v) is 6.61. The first kappa shape index (κ1) is 18.0. The van der Waals surface area contributed by atoms with E-state index >= 15 is 0 Å². The van der Waals surface area contributed by atoms with Gasteiger partial charge in [-0.3, -0.25) is 9.59 Å². The predicted molar refractivity (Wildman–Crippen MR) is 93.0 cm³/mol. The summed E-state index contributed by atoms with van der Waals surface area (Å²) in [6, 6.07) is 4.86. The van der Waals surface area contributed by atoms with Gasteiger partial charge in [-0.15, -0.1) is 12.4 Å². The lowest BCUT2D eigenvalue weighted by atomic mass is 9.84. The molecule has 3 rings (SSSR count). The Labute approximate surface area is 146 Å². The highest BCUT2D eigenvalue weighted by atomic mass is 35.5. The van der Waals surface area contributed by atoms with Crippen molar-refractivity contribution in [2.75, 3.05) is 12.4 Å². The number of fused-ring (bicyclic) bond motifs is 2. The molecule has 0 saturated heterocycles. The lowest BCUT2D eigenvalue weighted by Gasteiger charge is -2.27. The third-order valence-corrected chi connectivity index (χ3v) is 5.32. The Morgan fingerprint density at radius 2 is 1.96 bits per heavy atom. The average Bonchev–Trinajstić information content (AvgIpc) is 3.09. The monoisotopic (exact) mass is 357 g/mol. The third kappa shape index (κ3) is 3.32. The van der Waals surface area contributed by atoms with Crippen LogP contribution in [0.25, 0.3) is 0 Å². The summed E-state index contributed by atoms with van der Waals surface area (Å²) in [5, 5.41) is 5.77. The Kier molecular flexibility index (Phi) is 5.55. The largest absolute Gasteiger partial charge is 0.355 e. The SMILES string of the molecule is CNC(=O)c1cc(NC(=O)C2C3CCC(C3)C2N)ccc1Cl.Cl. The fourth-order valence-electron chi connectivity index (χ4n) is 3.86. The van der Waals surface area contributed by atoms with Gasteiger partial charge in [-0.25, -0.2) is 0 Å². The third-order valence-electron chi connectivity index (χ3n) is 4.99. The minimum Gasteiger partial charge on any atom is -0.355 e. The molecule has 2 amide bonds. The van der Waals surface area contributed by atoms with E-state index in [2.05, 4.69) is 10.6 Å². The maximum Gasteiger partial charge on any atom is 0.252 e. The normalized spacial score (nSPS) is 28.1. The van der Waals surface area contributed by atoms with E-state index in [-0.39, 0.29) is 36.2 Å². The first-order chi connectivity index (χ1) is 10.5. The molecule has 4 atom stereocenters. The number of benzene rings is 1. The van der Waals surface area contributed by atoms with Gasteiger partial charge in [0.15, 0.2) is 0 Å². The highest BCUT2D eigenvalue weighted by Crippen LogP contribution is 2.47. The van der Waals surface area contributed by atoms with Gasteiger partial charge in [0.05, 0.1) is 16.5 Å². The summed E-state index contributed by atoms with van der Waals surface area (Å²) in [6.45, 7) is 0. The fraction of sp³-hybridized carbons (Fsp3) is 0.500. The van der Waals surface area contributed by atoms with Crippen molar-refractivity contribution in [2.24, 2.45) is 23.5 Å². The topological polar surface area (TPSA) is 84.2 Å². The summed E-state index contributed by atoms with van der Waals surface area (Å²) in [4.78, 5) is 24.3. The van der Waals surface area contributed by atoms with Crippen LogP contribution in [0.1, 0.15) is 29.6 Å². The average molecular weight is 358 g/mol. The molecule has 7 heteroatoms. The lowest BCUT2D eigenvalue weighted by Crippen LogP contribution is -2.42. The number of anilines is 1. The number of rotatable bonds is 3. The van der Waals surface area contributed by atoms with Crippen LogP contribution in [-0.4, -0.2) is 24.9 Å². The lowest BCUT2D eigenvalue weighted by molar-refractivity contribution is -0.121. The summed E-state index contributed by atoms with van der Waals surface area (Å²) in [5.41, 5.74) is 7.12. The molecule has 1 aromatic carbocycles. The molecule has 2 fully saturated rings. The van der Waals surface area contributed by atoms with Crippen molar-refractivity contribution >= 4 is 41.5 Å². The second kappa shape index (κ2) is 7.07.